The minimum Gasteiger partial charge on any atom is -0.478 e. The van der Waals surface area contributed by atoms with Crippen LogP contribution >= 0.6 is 0 Å². The molecule has 0 rings (SSSR count). The Morgan fingerprint density at radius 1 is 1.33 bits per heavy atom. The molecule has 0 heterocycles. The van der Waals surface area contributed by atoms with E-state index in [1.54, 1.807) is 0 Å². The zero-order valence-electron chi connectivity index (χ0n) is 8.49. The van der Waals surface area contributed by atoms with E-state index in [1.165, 1.54) is 32.2 Å². The molecule has 1 amide bonds. The molecule has 0 saturated heterocycles. The second-order valence-electron chi connectivity index (χ2n) is 2.65. The Labute approximate surface area is 89.1 Å². The second-order valence-corrected chi connectivity index (χ2v) is 2.65. The predicted molar refractivity (Wildman–Crippen MR) is 61.3 cm³/mol. The lowest BCUT2D eigenvalue weighted by atomic mass is 10.1. The van der Waals surface area contributed by atoms with Crippen LogP contribution in [-0.2, 0) is 4.79 Å². The number of carbonyl (C=O) groups excluding carboxylic acids is 1. The number of amides is 1. The predicted octanol–water partition coefficient (Wildman–Crippen LogP) is 0.596. The van der Waals surface area contributed by atoms with E-state index in [0.29, 0.717) is 5.70 Å². The molecule has 4 nitrogen and oxygen atoms in total. The number of aliphatic carboxylic acids is 1. The van der Waals surface area contributed by atoms with Gasteiger partial charge in [-0.1, -0.05) is 25.3 Å². The number of carboxylic acids is 1. The normalized spacial score (nSPS) is 11.7. The van der Waals surface area contributed by atoms with Crippen LogP contribution in [0.4, 0.5) is 4.79 Å². The number of nitrogens with one attached hydrogen (secondary N) is 1. The van der Waals surface area contributed by atoms with Gasteiger partial charge in [0.25, 0.3) is 0 Å². The second kappa shape index (κ2) is 6.42. The van der Waals surface area contributed by atoms with Crippen molar-refractivity contribution in [2.24, 2.45) is 0 Å². The van der Waals surface area contributed by atoms with E-state index in [-0.39, 0.29) is 11.4 Å². The molecule has 0 aliphatic heterocycles. The largest absolute Gasteiger partial charge is 0.478 e. The summed E-state index contributed by atoms with van der Waals surface area (Å²) in [4.78, 5) is 21.4. The number of allylic oxidation sites excluding steroid dienone is 3. The van der Waals surface area contributed by atoms with Gasteiger partial charge in [-0.25, -0.2) is 4.79 Å². The lowest BCUT2D eigenvalue weighted by Crippen LogP contribution is -2.20. The molecule has 0 atom stereocenters. The van der Waals surface area contributed by atoms with E-state index in [4.69, 9.17) is 5.11 Å². The summed E-state index contributed by atoms with van der Waals surface area (Å²) in [7, 11) is 1.33. The third kappa shape index (κ3) is 5.31. The quantitative estimate of drug-likeness (QED) is 0.392. The van der Waals surface area contributed by atoms with Gasteiger partial charge in [0.15, 0.2) is 5.81 Å². The number of rotatable bonds is 5. The maximum atomic E-state index is 10.8. The zero-order valence-corrected chi connectivity index (χ0v) is 8.49. The average Bonchev–Trinajstić information content (AvgIpc) is 2.12. The van der Waals surface area contributed by atoms with E-state index >= 15 is 0 Å². The summed E-state index contributed by atoms with van der Waals surface area (Å²) in [5.74, 6) is -1.39. The van der Waals surface area contributed by atoms with Gasteiger partial charge in [-0.3, -0.25) is 4.79 Å². The first-order valence-electron chi connectivity index (χ1n) is 4.19. The molecule has 15 heavy (non-hydrogen) atoms. The number of hydrogen-bond donors (Lipinski definition) is 2. The maximum absolute atomic E-state index is 10.8. The Balaban J connectivity index is 5.02. The fourth-order valence-corrected chi connectivity index (χ4v) is 0.832. The lowest BCUT2D eigenvalue weighted by Gasteiger charge is -2.03. The highest BCUT2D eigenvalue weighted by molar-refractivity contribution is 6.57. The highest BCUT2D eigenvalue weighted by atomic mass is 16.4. The van der Waals surface area contributed by atoms with E-state index in [2.05, 4.69) is 18.5 Å². The van der Waals surface area contributed by atoms with Gasteiger partial charge >= 0.3 is 5.97 Å². The van der Waals surface area contributed by atoms with E-state index in [0.717, 1.165) is 0 Å². The molecule has 0 unspecified atom stereocenters. The van der Waals surface area contributed by atoms with Crippen molar-refractivity contribution in [1.29, 1.82) is 0 Å². The molecular weight excluding hydrogens is 193 g/mol. The SMILES string of the molecule is BC(=O)NC(=C/C=C)/C=C(\C=C)C(=O)O. The third-order valence-corrected chi connectivity index (χ3v) is 1.40. The summed E-state index contributed by atoms with van der Waals surface area (Å²) in [6, 6.07) is 0. The van der Waals surface area contributed by atoms with Crippen LogP contribution in [-0.4, -0.2) is 24.7 Å². The van der Waals surface area contributed by atoms with Gasteiger partial charge < -0.3 is 10.4 Å². The molecule has 0 aliphatic rings. The monoisotopic (exact) mass is 205 g/mol. The summed E-state index contributed by atoms with van der Waals surface area (Å²) in [5, 5.41) is 11.2. The van der Waals surface area contributed by atoms with Crippen LogP contribution in [0.2, 0.25) is 0 Å². The molecule has 78 valence electrons. The molecule has 0 fully saturated rings. The van der Waals surface area contributed by atoms with Crippen LogP contribution in [0.15, 0.2) is 48.7 Å². The van der Waals surface area contributed by atoms with Crippen molar-refractivity contribution in [1.82, 2.24) is 5.32 Å². The van der Waals surface area contributed by atoms with E-state index in [9.17, 15) is 9.59 Å². The molecule has 0 aromatic heterocycles. The summed E-state index contributed by atoms with van der Waals surface area (Å²) in [6.45, 7) is 6.82. The van der Waals surface area contributed by atoms with Crippen LogP contribution in [0.25, 0.3) is 0 Å². The summed E-state index contributed by atoms with van der Waals surface area (Å²) in [5.41, 5.74) is 0.353. The molecule has 0 aromatic carbocycles. The number of hydrogen-bond acceptors (Lipinski definition) is 2. The first-order valence-corrected chi connectivity index (χ1v) is 4.19. The molecule has 0 aromatic rings. The molecule has 0 radical (unpaired) electrons. The van der Waals surface area contributed by atoms with Gasteiger partial charge in [0.05, 0.1) is 5.57 Å². The van der Waals surface area contributed by atoms with Crippen molar-refractivity contribution in [2.45, 2.75) is 0 Å². The summed E-state index contributed by atoms with van der Waals surface area (Å²) >= 11 is 0. The number of carboxylic acid groups (broad SMARTS) is 1. The summed E-state index contributed by atoms with van der Waals surface area (Å²) in [6.07, 6.45) is 5.44. The Bertz CT molecular complexity index is 356. The topological polar surface area (TPSA) is 66.4 Å². The van der Waals surface area contributed by atoms with Crippen molar-refractivity contribution < 1.29 is 14.7 Å². The molecule has 2 N–H and O–H groups in total. The molecule has 0 bridgehead atoms. The van der Waals surface area contributed by atoms with Crippen molar-refractivity contribution in [3.8, 4) is 0 Å². The van der Waals surface area contributed by atoms with Crippen LogP contribution in [0, 0.1) is 0 Å². The van der Waals surface area contributed by atoms with Crippen molar-refractivity contribution in [2.75, 3.05) is 0 Å². The van der Waals surface area contributed by atoms with Gasteiger partial charge in [0.1, 0.15) is 0 Å². The van der Waals surface area contributed by atoms with Crippen molar-refractivity contribution in [3.63, 3.8) is 0 Å². The zero-order chi connectivity index (χ0) is 11.8. The number of carbonyl (C=O) groups is 2. The minimum absolute atomic E-state index is 0.00292. The van der Waals surface area contributed by atoms with Crippen molar-refractivity contribution in [3.05, 3.63) is 48.7 Å². The van der Waals surface area contributed by atoms with Crippen LogP contribution in [0.3, 0.4) is 0 Å². The Kier molecular flexibility index (Phi) is 5.55. The highest BCUT2D eigenvalue weighted by Crippen LogP contribution is 2.02. The molecule has 5 heteroatoms. The fraction of sp³-hybridized carbons (Fsp3) is 0. The minimum atomic E-state index is -1.11. The van der Waals surface area contributed by atoms with Crippen molar-refractivity contribution >= 4 is 19.6 Å². The van der Waals surface area contributed by atoms with Gasteiger partial charge in [0, 0.05) is 5.70 Å². The van der Waals surface area contributed by atoms with E-state index < -0.39 is 5.97 Å². The lowest BCUT2D eigenvalue weighted by molar-refractivity contribution is -0.132. The standard InChI is InChI=1S/C10H12BNO3/c1-3-5-8(12-10(11)15)6-7(4-2)9(13)14/h3-6H,1-2,11H2,(H,12,15)(H,13,14)/b7-6+,8-5+. The van der Waals surface area contributed by atoms with Gasteiger partial charge in [-0.2, -0.15) is 0 Å². The van der Waals surface area contributed by atoms with Crippen LogP contribution in [0.1, 0.15) is 0 Å². The van der Waals surface area contributed by atoms with E-state index in [1.807, 2.05) is 0 Å². The fourth-order valence-electron chi connectivity index (χ4n) is 0.832. The first-order chi connectivity index (χ1) is 7.01. The highest BCUT2D eigenvalue weighted by Gasteiger charge is 2.03. The third-order valence-electron chi connectivity index (χ3n) is 1.40. The van der Waals surface area contributed by atoms with Crippen LogP contribution < -0.4 is 5.32 Å². The Hall–Kier alpha value is -2.04. The van der Waals surface area contributed by atoms with Gasteiger partial charge in [0.2, 0.25) is 7.85 Å². The van der Waals surface area contributed by atoms with Crippen LogP contribution in [0.5, 0.6) is 0 Å². The summed E-state index contributed by atoms with van der Waals surface area (Å²) < 4.78 is 0. The van der Waals surface area contributed by atoms with Gasteiger partial charge in [-0.15, -0.1) is 0 Å². The molecule has 0 aliphatic carbocycles. The smallest absolute Gasteiger partial charge is 0.335 e. The maximum Gasteiger partial charge on any atom is 0.335 e. The average molecular weight is 205 g/mol. The van der Waals surface area contributed by atoms with Gasteiger partial charge in [-0.05, 0) is 12.2 Å². The Morgan fingerprint density at radius 3 is 2.27 bits per heavy atom. The first kappa shape index (κ1) is 13.0. The molecule has 0 saturated carbocycles. The molecular formula is C10H12BNO3. The molecule has 0 spiro atoms. The Morgan fingerprint density at radius 2 is 1.93 bits per heavy atom.